The maximum Gasteiger partial charge on any atom is 0.180 e. The van der Waals surface area contributed by atoms with Crippen molar-refractivity contribution in [2.45, 2.75) is 0 Å². The molecule has 1 aliphatic rings. The van der Waals surface area contributed by atoms with Crippen LogP contribution in [0.4, 0.5) is 10.2 Å². The van der Waals surface area contributed by atoms with Gasteiger partial charge in [0.1, 0.15) is 5.82 Å². The van der Waals surface area contributed by atoms with Crippen LogP contribution in [0.5, 0.6) is 0 Å². The van der Waals surface area contributed by atoms with Gasteiger partial charge in [-0.05, 0) is 12.1 Å². The molecule has 0 bridgehead atoms. The van der Waals surface area contributed by atoms with E-state index in [1.807, 2.05) is 0 Å². The van der Waals surface area contributed by atoms with Crippen LogP contribution in [0.25, 0.3) is 11.0 Å². The van der Waals surface area contributed by atoms with Crippen molar-refractivity contribution < 1.29 is 8.91 Å². The molecule has 2 heterocycles. The summed E-state index contributed by atoms with van der Waals surface area (Å²) >= 11 is 0. The summed E-state index contributed by atoms with van der Waals surface area (Å²) in [6.07, 6.45) is 0. The van der Waals surface area contributed by atoms with E-state index in [1.54, 1.807) is 6.07 Å². The number of fused-ring (bicyclic) bond motifs is 1. The van der Waals surface area contributed by atoms with Gasteiger partial charge in [0.2, 0.25) is 0 Å². The molecule has 0 aliphatic carbocycles. The molecular weight excluding hydrogens is 245 g/mol. The Labute approximate surface area is 104 Å². The molecule has 1 aromatic carbocycles. The van der Waals surface area contributed by atoms with Gasteiger partial charge in [0, 0.05) is 32.2 Å². The van der Waals surface area contributed by atoms with Crippen LogP contribution >= 0.6 is 12.4 Å². The lowest BCUT2D eigenvalue weighted by molar-refractivity contribution is 0.449. The maximum absolute atomic E-state index is 13.0. The molecule has 4 nitrogen and oxygen atoms in total. The molecule has 1 saturated heterocycles. The Hall–Kier alpha value is -1.33. The monoisotopic (exact) mass is 257 g/mol. The van der Waals surface area contributed by atoms with Crippen LogP contribution in [0, 0.1) is 5.82 Å². The van der Waals surface area contributed by atoms with Crippen LogP contribution in [-0.4, -0.2) is 31.3 Å². The summed E-state index contributed by atoms with van der Waals surface area (Å²) in [5.74, 6) is 0.520. The lowest BCUT2D eigenvalue weighted by Crippen LogP contribution is -2.43. The van der Waals surface area contributed by atoms with Gasteiger partial charge in [-0.2, -0.15) is 0 Å². The summed E-state index contributed by atoms with van der Waals surface area (Å²) in [5, 5.41) is 8.17. The number of rotatable bonds is 1. The van der Waals surface area contributed by atoms with E-state index < -0.39 is 0 Å². The van der Waals surface area contributed by atoms with Gasteiger partial charge in [-0.3, -0.25) is 0 Å². The van der Waals surface area contributed by atoms with Crippen molar-refractivity contribution in [3.8, 4) is 0 Å². The van der Waals surface area contributed by atoms with Crippen molar-refractivity contribution in [1.82, 2.24) is 10.5 Å². The number of aromatic nitrogens is 1. The number of benzene rings is 1. The molecule has 92 valence electrons. The van der Waals surface area contributed by atoms with E-state index in [9.17, 15) is 4.39 Å². The third kappa shape index (κ3) is 2.21. The zero-order valence-corrected chi connectivity index (χ0v) is 9.97. The molecular formula is C11H13ClFN3O. The molecule has 1 aromatic heterocycles. The summed E-state index contributed by atoms with van der Waals surface area (Å²) in [6, 6.07) is 4.53. The standard InChI is InChI=1S/C11H12FN3O.ClH/c12-8-1-2-9-10(7-8)16-14-11(9)15-5-3-13-4-6-15;/h1-2,7,13H,3-6H2;1H. The van der Waals surface area contributed by atoms with Gasteiger partial charge in [-0.25, -0.2) is 4.39 Å². The summed E-state index contributed by atoms with van der Waals surface area (Å²) in [6.45, 7) is 3.68. The van der Waals surface area contributed by atoms with E-state index in [0.717, 1.165) is 37.4 Å². The van der Waals surface area contributed by atoms with E-state index in [-0.39, 0.29) is 18.2 Å². The Morgan fingerprint density at radius 3 is 2.82 bits per heavy atom. The van der Waals surface area contributed by atoms with Crippen LogP contribution < -0.4 is 10.2 Å². The SMILES string of the molecule is Cl.Fc1ccc2c(N3CCNCC3)noc2c1. The Morgan fingerprint density at radius 1 is 1.29 bits per heavy atom. The highest BCUT2D eigenvalue weighted by Gasteiger charge is 2.17. The van der Waals surface area contributed by atoms with Crippen LogP contribution in [0.3, 0.4) is 0 Å². The molecule has 1 N–H and O–H groups in total. The van der Waals surface area contributed by atoms with Crippen molar-refractivity contribution in [2.24, 2.45) is 0 Å². The minimum absolute atomic E-state index is 0. The Kier molecular flexibility index (Phi) is 3.49. The predicted octanol–water partition coefficient (Wildman–Crippen LogP) is 1.80. The van der Waals surface area contributed by atoms with Crippen LogP contribution in [0.15, 0.2) is 22.7 Å². The van der Waals surface area contributed by atoms with Crippen molar-refractivity contribution in [2.75, 3.05) is 31.1 Å². The third-order valence-electron chi connectivity index (χ3n) is 2.83. The van der Waals surface area contributed by atoms with E-state index in [0.29, 0.717) is 5.58 Å². The largest absolute Gasteiger partial charge is 0.354 e. The Morgan fingerprint density at radius 2 is 2.06 bits per heavy atom. The van der Waals surface area contributed by atoms with Gasteiger partial charge in [0.25, 0.3) is 0 Å². The lowest BCUT2D eigenvalue weighted by atomic mass is 10.2. The fourth-order valence-electron chi connectivity index (χ4n) is 2.00. The Bertz CT molecular complexity index is 510. The summed E-state index contributed by atoms with van der Waals surface area (Å²) in [4.78, 5) is 2.15. The second kappa shape index (κ2) is 4.89. The van der Waals surface area contributed by atoms with Crippen LogP contribution in [-0.2, 0) is 0 Å². The Balaban J connectivity index is 0.00000108. The van der Waals surface area contributed by atoms with Gasteiger partial charge in [0.05, 0.1) is 5.39 Å². The fraction of sp³-hybridized carbons (Fsp3) is 0.364. The molecule has 0 unspecified atom stereocenters. The van der Waals surface area contributed by atoms with Crippen molar-refractivity contribution >= 4 is 29.2 Å². The first-order chi connectivity index (χ1) is 7.84. The number of piperazine rings is 1. The minimum Gasteiger partial charge on any atom is -0.354 e. The molecule has 2 aromatic rings. The number of anilines is 1. The molecule has 6 heteroatoms. The summed E-state index contributed by atoms with van der Waals surface area (Å²) < 4.78 is 18.1. The van der Waals surface area contributed by atoms with Crippen molar-refractivity contribution in [3.05, 3.63) is 24.0 Å². The van der Waals surface area contributed by atoms with Crippen molar-refractivity contribution in [1.29, 1.82) is 0 Å². The first kappa shape index (κ1) is 12.1. The summed E-state index contributed by atoms with van der Waals surface area (Å²) in [7, 11) is 0. The number of halogens is 2. The molecule has 1 aliphatic heterocycles. The predicted molar refractivity (Wildman–Crippen MR) is 66.3 cm³/mol. The topological polar surface area (TPSA) is 41.3 Å². The normalized spacial score (nSPS) is 15.9. The second-order valence-corrected chi connectivity index (χ2v) is 3.88. The van der Waals surface area contributed by atoms with Crippen LogP contribution in [0.2, 0.25) is 0 Å². The second-order valence-electron chi connectivity index (χ2n) is 3.88. The molecule has 0 radical (unpaired) electrons. The zero-order chi connectivity index (χ0) is 11.0. The van der Waals surface area contributed by atoms with Crippen molar-refractivity contribution in [3.63, 3.8) is 0 Å². The van der Waals surface area contributed by atoms with E-state index in [2.05, 4.69) is 15.4 Å². The molecule has 17 heavy (non-hydrogen) atoms. The number of hydrogen-bond acceptors (Lipinski definition) is 4. The van der Waals surface area contributed by atoms with E-state index in [4.69, 9.17) is 4.52 Å². The van der Waals surface area contributed by atoms with E-state index >= 15 is 0 Å². The molecule has 1 fully saturated rings. The fourth-order valence-corrected chi connectivity index (χ4v) is 2.00. The zero-order valence-electron chi connectivity index (χ0n) is 9.15. The van der Waals surface area contributed by atoms with Gasteiger partial charge in [-0.1, -0.05) is 5.16 Å². The quantitative estimate of drug-likeness (QED) is 0.846. The highest BCUT2D eigenvalue weighted by molar-refractivity contribution is 5.88. The smallest absolute Gasteiger partial charge is 0.180 e. The number of nitrogens with zero attached hydrogens (tertiary/aromatic N) is 2. The van der Waals surface area contributed by atoms with Gasteiger partial charge in [-0.15, -0.1) is 12.4 Å². The molecule has 0 spiro atoms. The number of hydrogen-bond donors (Lipinski definition) is 1. The molecule has 0 atom stereocenters. The molecule has 0 saturated carbocycles. The molecule has 0 amide bonds. The third-order valence-corrected chi connectivity index (χ3v) is 2.83. The first-order valence-electron chi connectivity index (χ1n) is 5.35. The summed E-state index contributed by atoms with van der Waals surface area (Å²) in [5.41, 5.74) is 0.508. The highest BCUT2D eigenvalue weighted by Crippen LogP contribution is 2.26. The first-order valence-corrected chi connectivity index (χ1v) is 5.35. The average Bonchev–Trinajstić information content (AvgIpc) is 2.73. The van der Waals surface area contributed by atoms with Gasteiger partial charge >= 0.3 is 0 Å². The van der Waals surface area contributed by atoms with Crippen LogP contribution in [0.1, 0.15) is 0 Å². The maximum atomic E-state index is 13.0. The average molecular weight is 258 g/mol. The lowest BCUT2D eigenvalue weighted by Gasteiger charge is -2.26. The number of nitrogens with one attached hydrogen (secondary N) is 1. The van der Waals surface area contributed by atoms with Gasteiger partial charge < -0.3 is 14.7 Å². The molecule has 3 rings (SSSR count). The highest BCUT2D eigenvalue weighted by atomic mass is 35.5. The van der Waals surface area contributed by atoms with E-state index in [1.165, 1.54) is 12.1 Å². The minimum atomic E-state index is -0.296. The van der Waals surface area contributed by atoms with Gasteiger partial charge in [0.15, 0.2) is 11.4 Å².